The number of methoxy groups -OCH3 is 1. The van der Waals surface area contributed by atoms with Crippen LogP contribution in [0.4, 0.5) is 5.69 Å². The van der Waals surface area contributed by atoms with Crippen LogP contribution in [0.5, 0.6) is 11.5 Å². The van der Waals surface area contributed by atoms with Gasteiger partial charge in [-0.25, -0.2) is 4.99 Å². The van der Waals surface area contributed by atoms with Crippen molar-refractivity contribution in [2.75, 3.05) is 13.7 Å². The summed E-state index contributed by atoms with van der Waals surface area (Å²) in [4.78, 5) is 19.3. The molecule has 5 nitrogen and oxygen atoms in total. The average Bonchev–Trinajstić information content (AvgIpc) is 2.91. The van der Waals surface area contributed by atoms with Gasteiger partial charge in [0.25, 0.3) is 5.91 Å². The second-order valence-electron chi connectivity index (χ2n) is 5.43. The van der Waals surface area contributed by atoms with Crippen molar-refractivity contribution in [3.05, 3.63) is 58.0 Å². The fourth-order valence-corrected chi connectivity index (χ4v) is 3.73. The summed E-state index contributed by atoms with van der Waals surface area (Å²) in [6.45, 7) is 2.38. The van der Waals surface area contributed by atoms with Gasteiger partial charge in [-0.3, -0.25) is 9.69 Å². The van der Waals surface area contributed by atoms with E-state index in [0.717, 1.165) is 0 Å². The molecular formula is C19H17ClN2O3S. The number of hydrogen-bond acceptors (Lipinski definition) is 5. The zero-order chi connectivity index (χ0) is 18.7. The van der Waals surface area contributed by atoms with Crippen molar-refractivity contribution in [1.82, 2.24) is 4.90 Å². The Morgan fingerprint density at radius 1 is 1.31 bits per heavy atom. The van der Waals surface area contributed by atoms with Crippen LogP contribution in [-0.4, -0.2) is 34.7 Å². The highest BCUT2D eigenvalue weighted by Crippen LogP contribution is 2.37. The number of para-hydroxylation sites is 1. The first kappa shape index (κ1) is 18.4. The van der Waals surface area contributed by atoms with E-state index in [1.807, 2.05) is 19.1 Å². The molecule has 1 aliphatic heterocycles. The zero-order valence-corrected chi connectivity index (χ0v) is 15.8. The van der Waals surface area contributed by atoms with Gasteiger partial charge in [0.2, 0.25) is 0 Å². The van der Waals surface area contributed by atoms with Crippen LogP contribution < -0.4 is 4.74 Å². The van der Waals surface area contributed by atoms with Gasteiger partial charge < -0.3 is 9.84 Å². The standard InChI is InChI=1S/C19H17ClN2O3S/c1-3-22-18(24)16(10-12-6-4-9-15(25-2)17(12)23)26-19(22)21-14-8-5-7-13(20)11-14/h4-11,23H,3H2,1-2H3/b16-10+,21-19?. The number of ether oxygens (including phenoxy) is 1. The van der Waals surface area contributed by atoms with Gasteiger partial charge in [0.1, 0.15) is 0 Å². The average molecular weight is 389 g/mol. The second-order valence-corrected chi connectivity index (χ2v) is 6.88. The third-order valence-electron chi connectivity index (χ3n) is 3.77. The van der Waals surface area contributed by atoms with Crippen molar-refractivity contribution in [2.24, 2.45) is 4.99 Å². The molecule has 0 unspecified atom stereocenters. The highest BCUT2D eigenvalue weighted by atomic mass is 35.5. The number of aromatic hydroxyl groups is 1. The number of amides is 1. The Morgan fingerprint density at radius 2 is 2.08 bits per heavy atom. The molecule has 1 heterocycles. The van der Waals surface area contributed by atoms with Gasteiger partial charge in [0.15, 0.2) is 16.7 Å². The normalized spacial score (nSPS) is 17.3. The molecule has 0 radical (unpaired) electrons. The number of aliphatic imine (C=N–C) groups is 1. The summed E-state index contributed by atoms with van der Waals surface area (Å²) < 4.78 is 5.11. The van der Waals surface area contributed by atoms with Crippen molar-refractivity contribution in [2.45, 2.75) is 6.92 Å². The lowest BCUT2D eigenvalue weighted by Gasteiger charge is -2.12. The lowest BCUT2D eigenvalue weighted by atomic mass is 10.1. The number of phenols is 1. The molecule has 1 fully saturated rings. The number of carbonyl (C=O) groups excluding carboxylic acids is 1. The fraction of sp³-hybridized carbons (Fsp3) is 0.158. The van der Waals surface area contributed by atoms with Crippen molar-refractivity contribution in [3.63, 3.8) is 0 Å². The van der Waals surface area contributed by atoms with Crippen LogP contribution in [0.3, 0.4) is 0 Å². The number of halogens is 1. The van der Waals surface area contributed by atoms with E-state index in [0.29, 0.717) is 38.6 Å². The van der Waals surface area contributed by atoms with E-state index in [-0.39, 0.29) is 11.7 Å². The van der Waals surface area contributed by atoms with Gasteiger partial charge in [0.05, 0.1) is 17.7 Å². The molecule has 0 saturated carbocycles. The molecule has 3 rings (SSSR count). The first-order valence-electron chi connectivity index (χ1n) is 7.95. The fourth-order valence-electron chi connectivity index (χ4n) is 2.49. The number of thioether (sulfide) groups is 1. The molecule has 0 bridgehead atoms. The number of carbonyl (C=O) groups is 1. The van der Waals surface area contributed by atoms with Gasteiger partial charge in [-0.15, -0.1) is 0 Å². The van der Waals surface area contributed by atoms with Gasteiger partial charge in [-0.2, -0.15) is 0 Å². The zero-order valence-electron chi connectivity index (χ0n) is 14.3. The molecule has 134 valence electrons. The molecule has 7 heteroatoms. The Kier molecular flexibility index (Phi) is 5.54. The Labute approximate surface area is 160 Å². The van der Waals surface area contributed by atoms with Crippen molar-refractivity contribution in [1.29, 1.82) is 0 Å². The minimum absolute atomic E-state index is 0.000761. The van der Waals surface area contributed by atoms with E-state index in [9.17, 15) is 9.90 Å². The van der Waals surface area contributed by atoms with E-state index in [1.54, 1.807) is 41.3 Å². The maximum absolute atomic E-state index is 12.7. The number of likely N-dealkylation sites (N-methyl/N-ethyl adjacent to an activating group) is 1. The van der Waals surface area contributed by atoms with E-state index < -0.39 is 0 Å². The first-order valence-corrected chi connectivity index (χ1v) is 9.14. The molecule has 1 aliphatic rings. The lowest BCUT2D eigenvalue weighted by Crippen LogP contribution is -2.28. The smallest absolute Gasteiger partial charge is 0.266 e. The van der Waals surface area contributed by atoms with Crippen molar-refractivity contribution < 1.29 is 14.6 Å². The van der Waals surface area contributed by atoms with Gasteiger partial charge in [-0.1, -0.05) is 29.8 Å². The molecule has 0 atom stereocenters. The molecule has 0 aromatic heterocycles. The molecule has 26 heavy (non-hydrogen) atoms. The number of nitrogens with zero attached hydrogens (tertiary/aromatic N) is 2. The van der Waals surface area contributed by atoms with E-state index in [2.05, 4.69) is 4.99 Å². The molecule has 2 aromatic rings. The van der Waals surface area contributed by atoms with Gasteiger partial charge >= 0.3 is 0 Å². The number of phenolic OH excluding ortho intramolecular Hbond substituents is 1. The number of hydrogen-bond donors (Lipinski definition) is 1. The second kappa shape index (κ2) is 7.85. The minimum Gasteiger partial charge on any atom is -0.504 e. The van der Waals surface area contributed by atoms with Gasteiger partial charge in [-0.05, 0) is 49.0 Å². The van der Waals surface area contributed by atoms with E-state index in [4.69, 9.17) is 16.3 Å². The summed E-state index contributed by atoms with van der Waals surface area (Å²) in [5, 5.41) is 11.4. The Hall–Kier alpha value is -2.44. The van der Waals surface area contributed by atoms with Crippen LogP contribution in [0.15, 0.2) is 52.4 Å². The molecule has 1 saturated heterocycles. The van der Waals surface area contributed by atoms with Crippen LogP contribution in [0.2, 0.25) is 5.02 Å². The maximum atomic E-state index is 12.7. The summed E-state index contributed by atoms with van der Waals surface area (Å²) in [5.74, 6) is 0.203. The molecule has 0 aliphatic carbocycles. The van der Waals surface area contributed by atoms with E-state index in [1.165, 1.54) is 18.9 Å². The predicted octanol–water partition coefficient (Wildman–Crippen LogP) is 4.68. The van der Waals surface area contributed by atoms with E-state index >= 15 is 0 Å². The molecule has 1 amide bonds. The lowest BCUT2D eigenvalue weighted by molar-refractivity contribution is -0.122. The minimum atomic E-state index is -0.152. The van der Waals surface area contributed by atoms with Crippen LogP contribution in [0.25, 0.3) is 6.08 Å². The van der Waals surface area contributed by atoms with Crippen LogP contribution >= 0.6 is 23.4 Å². The Bertz CT molecular complexity index is 911. The molecular weight excluding hydrogens is 372 g/mol. The maximum Gasteiger partial charge on any atom is 0.266 e. The van der Waals surface area contributed by atoms with Crippen molar-refractivity contribution in [3.8, 4) is 11.5 Å². The third kappa shape index (κ3) is 3.71. The number of amidine groups is 1. The third-order valence-corrected chi connectivity index (χ3v) is 5.02. The van der Waals surface area contributed by atoms with Crippen LogP contribution in [0.1, 0.15) is 12.5 Å². The summed E-state index contributed by atoms with van der Waals surface area (Å²) in [6, 6.07) is 12.3. The van der Waals surface area contributed by atoms with Crippen molar-refractivity contribution >= 4 is 46.2 Å². The SMILES string of the molecule is CCN1C(=O)/C(=C\c2cccc(OC)c2O)SC1=Nc1cccc(Cl)c1. The predicted molar refractivity (Wildman–Crippen MR) is 106 cm³/mol. The number of benzene rings is 2. The first-order chi connectivity index (χ1) is 12.5. The monoisotopic (exact) mass is 388 g/mol. The Balaban J connectivity index is 1.97. The molecule has 2 aromatic carbocycles. The Morgan fingerprint density at radius 3 is 2.77 bits per heavy atom. The summed E-state index contributed by atoms with van der Waals surface area (Å²) in [6.07, 6.45) is 1.65. The molecule has 1 N–H and O–H groups in total. The van der Waals surface area contributed by atoms with Crippen LogP contribution in [0, 0.1) is 0 Å². The molecule has 0 spiro atoms. The topological polar surface area (TPSA) is 62.1 Å². The highest BCUT2D eigenvalue weighted by Gasteiger charge is 2.32. The quantitative estimate of drug-likeness (QED) is 0.772. The summed E-state index contributed by atoms with van der Waals surface area (Å²) in [5.41, 5.74) is 1.19. The van der Waals surface area contributed by atoms with Crippen LogP contribution in [-0.2, 0) is 4.79 Å². The number of rotatable bonds is 4. The summed E-state index contributed by atoms with van der Waals surface area (Å²) >= 11 is 7.27. The largest absolute Gasteiger partial charge is 0.504 e. The van der Waals surface area contributed by atoms with Gasteiger partial charge in [0, 0.05) is 17.1 Å². The highest BCUT2D eigenvalue weighted by molar-refractivity contribution is 8.18. The summed E-state index contributed by atoms with van der Waals surface area (Å²) in [7, 11) is 1.48.